The first-order valence-electron chi connectivity index (χ1n) is 8.93. The number of benzene rings is 1. The predicted molar refractivity (Wildman–Crippen MR) is 99.6 cm³/mol. The van der Waals surface area contributed by atoms with Crippen molar-refractivity contribution in [3.8, 4) is 0 Å². The molecule has 7 heteroatoms. The van der Waals surface area contributed by atoms with Crippen LogP contribution in [0.3, 0.4) is 0 Å². The van der Waals surface area contributed by atoms with Gasteiger partial charge in [0.1, 0.15) is 11.9 Å². The summed E-state index contributed by atoms with van der Waals surface area (Å²) in [7, 11) is -3.66. The van der Waals surface area contributed by atoms with E-state index in [0.717, 1.165) is 36.9 Å². The summed E-state index contributed by atoms with van der Waals surface area (Å²) in [4.78, 5) is 17.8. The van der Waals surface area contributed by atoms with Crippen molar-refractivity contribution >= 4 is 10.1 Å². The quantitative estimate of drug-likeness (QED) is 0.724. The lowest BCUT2D eigenvalue weighted by molar-refractivity contribution is 0.203. The Labute approximate surface area is 154 Å². The van der Waals surface area contributed by atoms with Gasteiger partial charge in [-0.25, -0.2) is 4.98 Å². The standard InChI is InChI=1S/C19H24N2O4S/c1-3-16(25-26(2,23)24)18-15(13-14-9-5-4-6-10-14)19(22)21-12-8-7-11-17(21)20-18/h4-6,9-10,16H,3,7-8,11-13H2,1-2H3. The predicted octanol–water partition coefficient (Wildman–Crippen LogP) is 2.60. The number of aryl methyl sites for hydroxylation is 1. The van der Waals surface area contributed by atoms with Crippen molar-refractivity contribution in [2.45, 2.75) is 51.7 Å². The Morgan fingerprint density at radius 2 is 1.96 bits per heavy atom. The fraction of sp³-hybridized carbons (Fsp3) is 0.474. The van der Waals surface area contributed by atoms with Crippen LogP contribution < -0.4 is 5.56 Å². The van der Waals surface area contributed by atoms with Crippen LogP contribution in [0.1, 0.15) is 54.9 Å². The second kappa shape index (κ2) is 7.72. The monoisotopic (exact) mass is 376 g/mol. The van der Waals surface area contributed by atoms with Crippen LogP contribution in [-0.2, 0) is 33.7 Å². The second-order valence-electron chi connectivity index (χ2n) is 6.67. The van der Waals surface area contributed by atoms with Crippen LogP contribution in [-0.4, -0.2) is 24.2 Å². The van der Waals surface area contributed by atoms with E-state index >= 15 is 0 Å². The van der Waals surface area contributed by atoms with Crippen LogP contribution >= 0.6 is 0 Å². The van der Waals surface area contributed by atoms with Crippen LogP contribution in [0.5, 0.6) is 0 Å². The maximum atomic E-state index is 13.1. The zero-order valence-electron chi connectivity index (χ0n) is 15.1. The van der Waals surface area contributed by atoms with E-state index in [0.29, 0.717) is 30.6 Å². The molecule has 3 rings (SSSR count). The fourth-order valence-electron chi connectivity index (χ4n) is 3.38. The van der Waals surface area contributed by atoms with E-state index in [-0.39, 0.29) is 5.56 Å². The fourth-order valence-corrected chi connectivity index (χ4v) is 4.03. The highest BCUT2D eigenvalue weighted by Gasteiger charge is 2.26. The largest absolute Gasteiger partial charge is 0.296 e. The van der Waals surface area contributed by atoms with E-state index in [4.69, 9.17) is 9.17 Å². The molecular formula is C19H24N2O4S. The van der Waals surface area contributed by atoms with E-state index in [1.54, 1.807) is 4.57 Å². The van der Waals surface area contributed by atoms with Crippen molar-refractivity contribution in [1.82, 2.24) is 9.55 Å². The smallest absolute Gasteiger partial charge is 0.265 e. The van der Waals surface area contributed by atoms with Crippen molar-refractivity contribution in [3.63, 3.8) is 0 Å². The van der Waals surface area contributed by atoms with Gasteiger partial charge in [0.15, 0.2) is 0 Å². The van der Waals surface area contributed by atoms with Crippen molar-refractivity contribution in [1.29, 1.82) is 0 Å². The third-order valence-electron chi connectivity index (χ3n) is 4.60. The topological polar surface area (TPSA) is 78.3 Å². The van der Waals surface area contributed by atoms with Crippen LogP contribution in [0.4, 0.5) is 0 Å². The third-order valence-corrected chi connectivity index (χ3v) is 5.18. The highest BCUT2D eigenvalue weighted by Crippen LogP contribution is 2.26. The molecule has 140 valence electrons. The molecule has 0 N–H and O–H groups in total. The molecule has 1 aliphatic rings. The molecule has 2 heterocycles. The van der Waals surface area contributed by atoms with Crippen molar-refractivity contribution in [2.75, 3.05) is 6.26 Å². The molecule has 0 spiro atoms. The Hall–Kier alpha value is -1.99. The molecule has 1 aromatic carbocycles. The Morgan fingerprint density at radius 3 is 2.62 bits per heavy atom. The molecule has 1 unspecified atom stereocenters. The van der Waals surface area contributed by atoms with Gasteiger partial charge in [0, 0.05) is 24.9 Å². The van der Waals surface area contributed by atoms with E-state index in [1.165, 1.54) is 0 Å². The molecular weight excluding hydrogens is 352 g/mol. The number of hydrogen-bond acceptors (Lipinski definition) is 5. The van der Waals surface area contributed by atoms with Crippen molar-refractivity contribution < 1.29 is 12.6 Å². The number of fused-ring (bicyclic) bond motifs is 1. The third kappa shape index (κ3) is 4.22. The number of rotatable bonds is 6. The molecule has 0 saturated carbocycles. The van der Waals surface area contributed by atoms with E-state index in [2.05, 4.69) is 0 Å². The molecule has 1 aromatic heterocycles. The molecule has 0 amide bonds. The summed E-state index contributed by atoms with van der Waals surface area (Å²) in [6, 6.07) is 9.66. The molecule has 1 aliphatic heterocycles. The van der Waals surface area contributed by atoms with Gasteiger partial charge in [0.05, 0.1) is 11.9 Å². The van der Waals surface area contributed by atoms with Crippen LogP contribution in [0, 0.1) is 0 Å². The summed E-state index contributed by atoms with van der Waals surface area (Å²) in [6.07, 6.45) is 3.77. The summed E-state index contributed by atoms with van der Waals surface area (Å²) in [5.74, 6) is 0.726. The lowest BCUT2D eigenvalue weighted by atomic mass is 10.00. The molecule has 0 aliphatic carbocycles. The Bertz CT molecular complexity index is 936. The van der Waals surface area contributed by atoms with E-state index < -0.39 is 16.2 Å². The van der Waals surface area contributed by atoms with Crippen LogP contribution in [0.25, 0.3) is 0 Å². The minimum atomic E-state index is -3.66. The minimum Gasteiger partial charge on any atom is -0.296 e. The number of aromatic nitrogens is 2. The molecule has 0 saturated heterocycles. The Balaban J connectivity index is 2.14. The first-order valence-corrected chi connectivity index (χ1v) is 10.8. The SMILES string of the molecule is CCC(OS(C)(=O)=O)c1nc2n(c(=O)c1Cc1ccccc1)CCCC2. The second-order valence-corrected chi connectivity index (χ2v) is 8.27. The summed E-state index contributed by atoms with van der Waals surface area (Å²) in [5, 5.41) is 0. The average Bonchev–Trinajstić information content (AvgIpc) is 2.62. The molecule has 0 bridgehead atoms. The van der Waals surface area contributed by atoms with E-state index in [1.807, 2.05) is 37.3 Å². The van der Waals surface area contributed by atoms with Crippen molar-refractivity contribution in [3.05, 3.63) is 63.3 Å². The first kappa shape index (κ1) is 18.8. The van der Waals surface area contributed by atoms with Gasteiger partial charge in [-0.1, -0.05) is 37.3 Å². The van der Waals surface area contributed by atoms with Gasteiger partial charge >= 0.3 is 0 Å². The molecule has 0 radical (unpaired) electrons. The molecule has 26 heavy (non-hydrogen) atoms. The summed E-state index contributed by atoms with van der Waals surface area (Å²) in [5.41, 5.74) is 1.89. The van der Waals surface area contributed by atoms with Gasteiger partial charge in [-0.2, -0.15) is 8.42 Å². The maximum absolute atomic E-state index is 13.1. The molecule has 1 atom stereocenters. The van der Waals surface area contributed by atoms with Gasteiger partial charge in [-0.3, -0.25) is 13.5 Å². The van der Waals surface area contributed by atoms with Crippen LogP contribution in [0.15, 0.2) is 35.1 Å². The molecule has 0 fully saturated rings. The summed E-state index contributed by atoms with van der Waals surface area (Å²) in [6.45, 7) is 2.49. The zero-order valence-corrected chi connectivity index (χ0v) is 16.0. The van der Waals surface area contributed by atoms with Gasteiger partial charge in [0.2, 0.25) is 0 Å². The van der Waals surface area contributed by atoms with Gasteiger partial charge < -0.3 is 0 Å². The first-order chi connectivity index (χ1) is 12.4. The van der Waals surface area contributed by atoms with Crippen LogP contribution in [0.2, 0.25) is 0 Å². The number of hydrogen-bond donors (Lipinski definition) is 0. The maximum Gasteiger partial charge on any atom is 0.265 e. The van der Waals surface area contributed by atoms with Gasteiger partial charge in [-0.05, 0) is 24.8 Å². The zero-order chi connectivity index (χ0) is 18.7. The lowest BCUT2D eigenvalue weighted by Gasteiger charge is -2.23. The number of nitrogens with zero attached hydrogens (tertiary/aromatic N) is 2. The van der Waals surface area contributed by atoms with Gasteiger partial charge in [0.25, 0.3) is 15.7 Å². The average molecular weight is 376 g/mol. The Morgan fingerprint density at radius 1 is 1.23 bits per heavy atom. The van der Waals surface area contributed by atoms with Crippen molar-refractivity contribution in [2.24, 2.45) is 0 Å². The molecule has 2 aromatic rings. The minimum absolute atomic E-state index is 0.0795. The summed E-state index contributed by atoms with van der Waals surface area (Å²) >= 11 is 0. The summed E-state index contributed by atoms with van der Waals surface area (Å²) < 4.78 is 30.4. The van der Waals surface area contributed by atoms with E-state index in [9.17, 15) is 13.2 Å². The lowest BCUT2D eigenvalue weighted by Crippen LogP contribution is -2.33. The Kier molecular flexibility index (Phi) is 5.58. The highest BCUT2D eigenvalue weighted by atomic mass is 32.2. The highest BCUT2D eigenvalue weighted by molar-refractivity contribution is 7.86. The normalized spacial score (nSPS) is 15.5. The van der Waals surface area contributed by atoms with Gasteiger partial charge in [-0.15, -0.1) is 0 Å². The molecule has 6 nitrogen and oxygen atoms in total.